The van der Waals surface area contributed by atoms with E-state index in [-0.39, 0.29) is 16.9 Å². The zero-order valence-corrected chi connectivity index (χ0v) is 12.0. The third-order valence-corrected chi connectivity index (χ3v) is 3.71. The first-order valence-corrected chi connectivity index (χ1v) is 6.69. The predicted molar refractivity (Wildman–Crippen MR) is 76.3 cm³/mol. The van der Waals surface area contributed by atoms with Crippen LogP contribution in [0.25, 0.3) is 0 Å². The van der Waals surface area contributed by atoms with E-state index >= 15 is 0 Å². The summed E-state index contributed by atoms with van der Waals surface area (Å²) < 4.78 is 5.73. The first kappa shape index (κ1) is 15.2. The number of primary amides is 1. The lowest BCUT2D eigenvalue weighted by molar-refractivity contribution is -0.385. The fourth-order valence-electron chi connectivity index (χ4n) is 2.31. The largest absolute Gasteiger partial charge is 0.372 e. The number of nitrogens with two attached hydrogens (primary N) is 1. The standard InChI is InChI=1S/C13H18N4O4/c1-3-13(2)8-16(4-5-21-13)12-10(11(14)18)6-9(7-15-12)17(19)20/h6-7H,3-5,8H2,1-2H3,(H2,14,18). The molecule has 1 unspecified atom stereocenters. The van der Waals surface area contributed by atoms with Crippen molar-refractivity contribution < 1.29 is 14.5 Å². The minimum atomic E-state index is -0.731. The first-order chi connectivity index (χ1) is 9.86. The van der Waals surface area contributed by atoms with Gasteiger partial charge in [0, 0.05) is 19.2 Å². The van der Waals surface area contributed by atoms with Crippen LogP contribution in [0.15, 0.2) is 12.3 Å². The zero-order chi connectivity index (χ0) is 15.6. The molecule has 21 heavy (non-hydrogen) atoms. The second kappa shape index (κ2) is 5.65. The minimum absolute atomic E-state index is 0.0598. The van der Waals surface area contributed by atoms with E-state index in [0.717, 1.165) is 12.6 Å². The average Bonchev–Trinajstić information content (AvgIpc) is 2.46. The van der Waals surface area contributed by atoms with Gasteiger partial charge in [0.15, 0.2) is 0 Å². The molecule has 1 saturated heterocycles. The van der Waals surface area contributed by atoms with Gasteiger partial charge in [-0.2, -0.15) is 0 Å². The summed E-state index contributed by atoms with van der Waals surface area (Å²) in [5.41, 5.74) is 4.80. The number of carbonyl (C=O) groups is 1. The maximum Gasteiger partial charge on any atom is 0.288 e. The van der Waals surface area contributed by atoms with Crippen LogP contribution in [-0.2, 0) is 4.74 Å². The lowest BCUT2D eigenvalue weighted by atomic mass is 10.0. The highest BCUT2D eigenvalue weighted by molar-refractivity contribution is 5.98. The SMILES string of the molecule is CCC1(C)CN(c2ncc([N+](=O)[O-])cc2C(N)=O)CCO1. The van der Waals surface area contributed by atoms with Crippen LogP contribution in [0.5, 0.6) is 0 Å². The Morgan fingerprint density at radius 1 is 1.67 bits per heavy atom. The van der Waals surface area contributed by atoms with Crippen LogP contribution in [-0.4, -0.2) is 41.1 Å². The number of carbonyl (C=O) groups excluding carboxylic acids is 1. The number of nitro groups is 1. The Bertz CT molecular complexity index is 577. The van der Waals surface area contributed by atoms with Gasteiger partial charge in [-0.3, -0.25) is 14.9 Å². The van der Waals surface area contributed by atoms with Crippen LogP contribution in [0, 0.1) is 10.1 Å². The Morgan fingerprint density at radius 3 is 2.95 bits per heavy atom. The molecule has 1 fully saturated rings. The molecule has 0 aliphatic carbocycles. The summed E-state index contributed by atoms with van der Waals surface area (Å²) >= 11 is 0. The van der Waals surface area contributed by atoms with Crippen LogP contribution in [0.4, 0.5) is 11.5 Å². The van der Waals surface area contributed by atoms with Crippen molar-refractivity contribution in [2.75, 3.05) is 24.6 Å². The van der Waals surface area contributed by atoms with Gasteiger partial charge >= 0.3 is 0 Å². The third-order valence-electron chi connectivity index (χ3n) is 3.71. The molecular weight excluding hydrogens is 276 g/mol. The number of ether oxygens (including phenoxy) is 1. The number of hydrogen-bond donors (Lipinski definition) is 1. The molecule has 1 aromatic heterocycles. The second-order valence-corrected chi connectivity index (χ2v) is 5.26. The smallest absolute Gasteiger partial charge is 0.288 e. The Labute approximate surface area is 122 Å². The molecule has 0 spiro atoms. The summed E-state index contributed by atoms with van der Waals surface area (Å²) in [6.07, 6.45) is 1.95. The number of hydrogen-bond acceptors (Lipinski definition) is 6. The van der Waals surface area contributed by atoms with E-state index in [4.69, 9.17) is 10.5 Å². The van der Waals surface area contributed by atoms with Crippen molar-refractivity contribution in [1.82, 2.24) is 4.98 Å². The molecule has 1 aromatic rings. The molecule has 2 rings (SSSR count). The highest BCUT2D eigenvalue weighted by Gasteiger charge is 2.32. The van der Waals surface area contributed by atoms with Crippen molar-refractivity contribution in [3.63, 3.8) is 0 Å². The molecule has 1 atom stereocenters. The van der Waals surface area contributed by atoms with Gasteiger partial charge in [-0.15, -0.1) is 0 Å². The van der Waals surface area contributed by atoms with Crippen LogP contribution in [0.2, 0.25) is 0 Å². The average molecular weight is 294 g/mol. The normalized spacial score (nSPS) is 22.1. The molecule has 0 aromatic carbocycles. The van der Waals surface area contributed by atoms with E-state index in [1.54, 1.807) is 0 Å². The number of pyridine rings is 1. The van der Waals surface area contributed by atoms with Crippen molar-refractivity contribution in [2.24, 2.45) is 5.73 Å². The molecule has 1 aliphatic rings. The summed E-state index contributed by atoms with van der Waals surface area (Å²) in [7, 11) is 0. The van der Waals surface area contributed by atoms with E-state index in [9.17, 15) is 14.9 Å². The van der Waals surface area contributed by atoms with Crippen LogP contribution in [0.3, 0.4) is 0 Å². The van der Waals surface area contributed by atoms with Crippen molar-refractivity contribution in [1.29, 1.82) is 0 Å². The molecule has 2 N–H and O–H groups in total. The van der Waals surface area contributed by atoms with Gasteiger partial charge in [-0.25, -0.2) is 4.98 Å². The van der Waals surface area contributed by atoms with Gasteiger partial charge in [0.1, 0.15) is 12.0 Å². The van der Waals surface area contributed by atoms with Crippen LogP contribution >= 0.6 is 0 Å². The Balaban J connectivity index is 2.39. The Kier molecular flexibility index (Phi) is 4.08. The molecule has 0 saturated carbocycles. The summed E-state index contributed by atoms with van der Waals surface area (Å²) in [6.45, 7) is 5.60. The van der Waals surface area contributed by atoms with Gasteiger partial charge in [0.25, 0.3) is 11.6 Å². The quantitative estimate of drug-likeness (QED) is 0.657. The lowest BCUT2D eigenvalue weighted by Gasteiger charge is -2.41. The molecular formula is C13H18N4O4. The molecule has 8 heteroatoms. The maximum absolute atomic E-state index is 11.6. The van der Waals surface area contributed by atoms with E-state index in [1.165, 1.54) is 6.07 Å². The highest BCUT2D eigenvalue weighted by Crippen LogP contribution is 2.28. The minimum Gasteiger partial charge on any atom is -0.372 e. The summed E-state index contributed by atoms with van der Waals surface area (Å²) in [5, 5.41) is 10.8. The highest BCUT2D eigenvalue weighted by atomic mass is 16.6. The molecule has 1 aliphatic heterocycles. The van der Waals surface area contributed by atoms with E-state index in [0.29, 0.717) is 25.5 Å². The van der Waals surface area contributed by atoms with Crippen molar-refractivity contribution in [3.8, 4) is 0 Å². The predicted octanol–water partition coefficient (Wildman–Crippen LogP) is 1.09. The van der Waals surface area contributed by atoms with Crippen molar-refractivity contribution in [3.05, 3.63) is 27.9 Å². The summed E-state index contributed by atoms with van der Waals surface area (Å²) in [5.74, 6) is -0.359. The summed E-state index contributed by atoms with van der Waals surface area (Å²) in [4.78, 5) is 27.7. The zero-order valence-electron chi connectivity index (χ0n) is 12.0. The van der Waals surface area contributed by atoms with Gasteiger partial charge in [0.05, 0.1) is 22.7 Å². The number of anilines is 1. The molecule has 8 nitrogen and oxygen atoms in total. The van der Waals surface area contributed by atoms with Gasteiger partial charge in [-0.1, -0.05) is 6.92 Å². The van der Waals surface area contributed by atoms with E-state index in [1.807, 2.05) is 18.7 Å². The van der Waals surface area contributed by atoms with Crippen molar-refractivity contribution >= 4 is 17.4 Å². The van der Waals surface area contributed by atoms with Crippen molar-refractivity contribution in [2.45, 2.75) is 25.9 Å². The molecule has 0 radical (unpaired) electrons. The number of rotatable bonds is 4. The molecule has 0 bridgehead atoms. The van der Waals surface area contributed by atoms with Crippen LogP contribution < -0.4 is 10.6 Å². The summed E-state index contributed by atoms with van der Waals surface area (Å²) in [6, 6.07) is 1.17. The fraction of sp³-hybridized carbons (Fsp3) is 0.538. The third kappa shape index (κ3) is 3.10. The number of aromatic nitrogens is 1. The van der Waals surface area contributed by atoms with E-state index < -0.39 is 10.8 Å². The first-order valence-electron chi connectivity index (χ1n) is 6.69. The van der Waals surface area contributed by atoms with E-state index in [2.05, 4.69) is 4.98 Å². The number of nitrogens with zero attached hydrogens (tertiary/aromatic N) is 3. The Hall–Kier alpha value is -2.22. The van der Waals surface area contributed by atoms with Gasteiger partial charge < -0.3 is 15.4 Å². The fourth-order valence-corrected chi connectivity index (χ4v) is 2.31. The maximum atomic E-state index is 11.6. The number of amides is 1. The topological polar surface area (TPSA) is 112 Å². The van der Waals surface area contributed by atoms with Gasteiger partial charge in [-0.05, 0) is 13.3 Å². The molecule has 2 heterocycles. The second-order valence-electron chi connectivity index (χ2n) is 5.26. The Morgan fingerprint density at radius 2 is 2.38 bits per heavy atom. The monoisotopic (exact) mass is 294 g/mol. The molecule has 1 amide bonds. The van der Waals surface area contributed by atoms with Crippen LogP contribution in [0.1, 0.15) is 30.6 Å². The lowest BCUT2D eigenvalue weighted by Crippen LogP contribution is -2.50. The number of morpholine rings is 1. The molecule has 114 valence electrons. The van der Waals surface area contributed by atoms with Gasteiger partial charge in [0.2, 0.25) is 0 Å².